The van der Waals surface area contributed by atoms with Gasteiger partial charge in [0.05, 0.1) is 12.1 Å². The Hall–Kier alpha value is -2.73. The van der Waals surface area contributed by atoms with Crippen LogP contribution in [-0.4, -0.2) is 34.7 Å². The molecule has 1 amide bonds. The van der Waals surface area contributed by atoms with Gasteiger partial charge in [0.15, 0.2) is 0 Å². The van der Waals surface area contributed by atoms with Crippen LogP contribution in [0.5, 0.6) is 5.75 Å². The van der Waals surface area contributed by atoms with E-state index in [9.17, 15) is 14.3 Å². The van der Waals surface area contributed by atoms with E-state index in [1.165, 1.54) is 31.4 Å². The number of nitrogens with one attached hydrogen (secondary N) is 1. The quantitative estimate of drug-likeness (QED) is 0.592. The second kappa shape index (κ2) is 9.46. The number of phenolic OH excluding ortho intramolecular Hbond substituents is 1. The van der Waals surface area contributed by atoms with Crippen LogP contribution < -0.4 is 5.43 Å². The highest BCUT2D eigenvalue weighted by Gasteiger charge is 2.13. The minimum absolute atomic E-state index is 0.132. The third kappa shape index (κ3) is 5.63. The van der Waals surface area contributed by atoms with Crippen molar-refractivity contribution in [3.63, 3.8) is 0 Å². The second-order valence-corrected chi connectivity index (χ2v) is 7.22. The number of carbonyl (C=O) groups excluding carboxylic acids is 1. The summed E-state index contributed by atoms with van der Waals surface area (Å²) >= 11 is 0. The molecule has 0 aliphatic carbocycles. The van der Waals surface area contributed by atoms with Gasteiger partial charge in [-0.3, -0.25) is 9.69 Å². The first-order chi connectivity index (χ1) is 13.5. The third-order valence-electron chi connectivity index (χ3n) is 4.97. The van der Waals surface area contributed by atoms with Gasteiger partial charge in [0.25, 0.3) is 0 Å². The Morgan fingerprint density at radius 3 is 2.57 bits per heavy atom. The van der Waals surface area contributed by atoms with Crippen LogP contribution in [-0.2, 0) is 17.8 Å². The fourth-order valence-electron chi connectivity index (χ4n) is 3.33. The summed E-state index contributed by atoms with van der Waals surface area (Å²) in [4.78, 5) is 14.4. The van der Waals surface area contributed by atoms with Gasteiger partial charge in [-0.05, 0) is 74.3 Å². The van der Waals surface area contributed by atoms with Crippen molar-refractivity contribution in [1.82, 2.24) is 10.3 Å². The molecule has 0 aromatic heterocycles. The summed E-state index contributed by atoms with van der Waals surface area (Å²) in [5.41, 5.74) is 5.64. The van der Waals surface area contributed by atoms with Crippen molar-refractivity contribution >= 4 is 11.6 Å². The van der Waals surface area contributed by atoms with Crippen LogP contribution in [0.25, 0.3) is 0 Å². The maximum absolute atomic E-state index is 12.9. The van der Waals surface area contributed by atoms with Gasteiger partial charge in [0.2, 0.25) is 5.91 Å². The SMILES string of the molecule is C/C(=N\NC(=O)Cc1ccc(F)cc1)c1ccc(O)c(CN2CCCCC2)c1. The molecule has 2 N–H and O–H groups in total. The summed E-state index contributed by atoms with van der Waals surface area (Å²) in [6.45, 7) is 4.63. The molecule has 0 radical (unpaired) electrons. The van der Waals surface area contributed by atoms with Crippen molar-refractivity contribution in [3.8, 4) is 5.75 Å². The van der Waals surface area contributed by atoms with E-state index in [2.05, 4.69) is 15.4 Å². The molecule has 0 spiro atoms. The molecule has 2 aromatic rings. The molecule has 0 saturated carbocycles. The molecular formula is C22H26FN3O2. The fraction of sp³-hybridized carbons (Fsp3) is 0.364. The predicted octanol–water partition coefficient (Wildman–Crippen LogP) is 3.60. The smallest absolute Gasteiger partial charge is 0.244 e. The summed E-state index contributed by atoms with van der Waals surface area (Å²) in [6, 6.07) is 11.2. The topological polar surface area (TPSA) is 64.9 Å². The summed E-state index contributed by atoms with van der Waals surface area (Å²) < 4.78 is 12.9. The first-order valence-corrected chi connectivity index (χ1v) is 9.63. The molecule has 0 unspecified atom stereocenters. The molecule has 2 aromatic carbocycles. The minimum Gasteiger partial charge on any atom is -0.508 e. The zero-order chi connectivity index (χ0) is 19.9. The number of amides is 1. The lowest BCUT2D eigenvalue weighted by atomic mass is 10.0. The summed E-state index contributed by atoms with van der Waals surface area (Å²) in [7, 11) is 0. The first kappa shape index (κ1) is 20.0. The Labute approximate surface area is 164 Å². The molecule has 3 rings (SSSR count). The van der Waals surface area contributed by atoms with Crippen molar-refractivity contribution in [2.45, 2.75) is 39.2 Å². The van der Waals surface area contributed by atoms with Crippen LogP contribution in [0, 0.1) is 5.82 Å². The third-order valence-corrected chi connectivity index (χ3v) is 4.97. The number of nitrogens with zero attached hydrogens (tertiary/aromatic N) is 2. The van der Waals surface area contributed by atoms with E-state index in [0.29, 0.717) is 12.3 Å². The fourth-order valence-corrected chi connectivity index (χ4v) is 3.33. The molecular weight excluding hydrogens is 357 g/mol. The Balaban J connectivity index is 1.62. The van der Waals surface area contributed by atoms with E-state index in [4.69, 9.17) is 0 Å². The van der Waals surface area contributed by atoms with E-state index < -0.39 is 0 Å². The van der Waals surface area contributed by atoms with Crippen molar-refractivity contribution in [2.24, 2.45) is 5.10 Å². The van der Waals surface area contributed by atoms with E-state index in [1.807, 2.05) is 13.0 Å². The van der Waals surface area contributed by atoms with Gasteiger partial charge >= 0.3 is 0 Å². The highest BCUT2D eigenvalue weighted by Crippen LogP contribution is 2.22. The van der Waals surface area contributed by atoms with Crippen LogP contribution in [0.15, 0.2) is 47.6 Å². The first-order valence-electron chi connectivity index (χ1n) is 9.63. The Morgan fingerprint density at radius 2 is 1.86 bits per heavy atom. The van der Waals surface area contributed by atoms with Crippen LogP contribution in [0.4, 0.5) is 4.39 Å². The second-order valence-electron chi connectivity index (χ2n) is 7.22. The van der Waals surface area contributed by atoms with Gasteiger partial charge in [-0.2, -0.15) is 5.10 Å². The van der Waals surface area contributed by atoms with Gasteiger partial charge in [0.1, 0.15) is 11.6 Å². The average molecular weight is 383 g/mol. The Kier molecular flexibility index (Phi) is 6.76. The van der Waals surface area contributed by atoms with Crippen molar-refractivity contribution in [3.05, 3.63) is 65.0 Å². The van der Waals surface area contributed by atoms with E-state index in [1.54, 1.807) is 24.3 Å². The zero-order valence-corrected chi connectivity index (χ0v) is 16.1. The number of phenols is 1. The number of hydrazone groups is 1. The zero-order valence-electron chi connectivity index (χ0n) is 16.1. The molecule has 0 bridgehead atoms. The minimum atomic E-state index is -0.328. The normalized spacial score (nSPS) is 15.4. The van der Waals surface area contributed by atoms with Crippen LogP contribution >= 0.6 is 0 Å². The molecule has 5 nitrogen and oxygen atoms in total. The molecule has 1 heterocycles. The van der Waals surface area contributed by atoms with Crippen LogP contribution in [0.3, 0.4) is 0 Å². The number of likely N-dealkylation sites (tertiary alicyclic amines) is 1. The molecule has 0 atom stereocenters. The van der Waals surface area contributed by atoms with Gasteiger partial charge in [-0.15, -0.1) is 0 Å². The number of hydrogen-bond acceptors (Lipinski definition) is 4. The molecule has 1 aliphatic heterocycles. The highest BCUT2D eigenvalue weighted by molar-refractivity contribution is 5.99. The van der Waals surface area contributed by atoms with Gasteiger partial charge in [-0.25, -0.2) is 9.82 Å². The van der Waals surface area contributed by atoms with Crippen molar-refractivity contribution in [2.75, 3.05) is 13.1 Å². The average Bonchev–Trinajstić information content (AvgIpc) is 2.70. The largest absolute Gasteiger partial charge is 0.508 e. The van der Waals surface area contributed by atoms with Gasteiger partial charge < -0.3 is 5.11 Å². The Bertz CT molecular complexity index is 843. The van der Waals surface area contributed by atoms with Crippen molar-refractivity contribution in [1.29, 1.82) is 0 Å². The van der Waals surface area contributed by atoms with Gasteiger partial charge in [-0.1, -0.05) is 18.6 Å². The lowest BCUT2D eigenvalue weighted by Gasteiger charge is -2.26. The maximum Gasteiger partial charge on any atom is 0.244 e. The monoisotopic (exact) mass is 383 g/mol. The number of hydrogen-bond donors (Lipinski definition) is 2. The predicted molar refractivity (Wildman–Crippen MR) is 108 cm³/mol. The van der Waals surface area contributed by atoms with E-state index in [0.717, 1.165) is 29.8 Å². The lowest BCUT2D eigenvalue weighted by molar-refractivity contribution is -0.120. The number of halogens is 1. The Morgan fingerprint density at radius 1 is 1.14 bits per heavy atom. The number of benzene rings is 2. The highest BCUT2D eigenvalue weighted by atomic mass is 19.1. The number of piperidine rings is 1. The summed E-state index contributed by atoms with van der Waals surface area (Å²) in [5, 5.41) is 14.4. The van der Waals surface area contributed by atoms with Crippen LogP contribution in [0.2, 0.25) is 0 Å². The molecule has 1 fully saturated rings. The molecule has 28 heavy (non-hydrogen) atoms. The molecule has 6 heteroatoms. The van der Waals surface area contributed by atoms with Crippen LogP contribution in [0.1, 0.15) is 42.9 Å². The number of aromatic hydroxyl groups is 1. The molecule has 148 valence electrons. The number of carbonyl (C=O) groups is 1. The maximum atomic E-state index is 12.9. The van der Waals surface area contributed by atoms with E-state index >= 15 is 0 Å². The van der Waals surface area contributed by atoms with Gasteiger partial charge in [0, 0.05) is 12.1 Å². The van der Waals surface area contributed by atoms with Crippen molar-refractivity contribution < 1.29 is 14.3 Å². The lowest BCUT2D eigenvalue weighted by Crippen LogP contribution is -2.29. The summed E-state index contributed by atoms with van der Waals surface area (Å²) in [6.07, 6.45) is 3.79. The molecule has 1 saturated heterocycles. The number of rotatable bonds is 6. The summed E-state index contributed by atoms with van der Waals surface area (Å²) in [5.74, 6) is -0.313. The standard InChI is InChI=1S/C22H26FN3O2/c1-16(24-25-22(28)13-17-5-8-20(23)9-6-17)18-7-10-21(27)19(14-18)15-26-11-3-2-4-12-26/h5-10,14,27H,2-4,11-13,15H2,1H3,(H,25,28)/b24-16+. The molecule has 1 aliphatic rings. The van der Waals surface area contributed by atoms with E-state index in [-0.39, 0.29) is 23.9 Å².